The van der Waals surface area contributed by atoms with E-state index in [2.05, 4.69) is 39.9 Å². The van der Waals surface area contributed by atoms with Crippen LogP contribution in [-0.2, 0) is 10.8 Å². The summed E-state index contributed by atoms with van der Waals surface area (Å²) >= 11 is 0. The van der Waals surface area contributed by atoms with Crippen molar-refractivity contribution in [2.24, 2.45) is 0 Å². The summed E-state index contributed by atoms with van der Waals surface area (Å²) < 4.78 is 12.1. The number of furan rings is 1. The highest BCUT2D eigenvalue weighted by molar-refractivity contribution is 6.74. The van der Waals surface area contributed by atoms with Crippen molar-refractivity contribution in [3.05, 3.63) is 23.2 Å². The highest BCUT2D eigenvalue weighted by Gasteiger charge is 2.40. The van der Waals surface area contributed by atoms with Crippen LogP contribution in [0.15, 0.2) is 10.5 Å². The van der Waals surface area contributed by atoms with Crippen LogP contribution in [0.4, 0.5) is 0 Å². The first-order valence-corrected chi connectivity index (χ1v) is 9.86. The Morgan fingerprint density at radius 2 is 2.11 bits per heavy atom. The van der Waals surface area contributed by atoms with Crippen LogP contribution in [0.25, 0.3) is 0 Å². The average Bonchev–Trinajstić information content (AvgIpc) is 2.71. The van der Waals surface area contributed by atoms with Gasteiger partial charge in [-0.1, -0.05) is 20.8 Å². The largest absolute Gasteiger partial charge is 0.450 e. The van der Waals surface area contributed by atoms with Gasteiger partial charge in [0.05, 0.1) is 6.10 Å². The minimum absolute atomic E-state index is 0.107. The molecule has 0 saturated carbocycles. The molecule has 1 atom stereocenters. The zero-order valence-electron chi connectivity index (χ0n) is 12.5. The smallest absolute Gasteiger partial charge is 0.204 e. The number of nitriles is 1. The molecule has 1 aliphatic carbocycles. The molecule has 1 aliphatic rings. The number of rotatable bonds is 2. The highest BCUT2D eigenvalue weighted by atomic mass is 28.4. The molecule has 1 aromatic heterocycles. The summed E-state index contributed by atoms with van der Waals surface area (Å²) in [6.07, 6.45) is 3.14. The van der Waals surface area contributed by atoms with Crippen LogP contribution in [0, 0.1) is 11.3 Å². The molecular formula is C15H23NO2Si. The van der Waals surface area contributed by atoms with Crippen LogP contribution in [-0.4, -0.2) is 8.32 Å². The van der Waals surface area contributed by atoms with Crippen molar-refractivity contribution in [2.45, 2.75) is 64.3 Å². The molecule has 0 saturated heterocycles. The molecular weight excluding hydrogens is 254 g/mol. The summed E-state index contributed by atoms with van der Waals surface area (Å²) in [6, 6.07) is 3.95. The van der Waals surface area contributed by atoms with E-state index in [1.807, 2.05) is 6.07 Å². The number of fused-ring (bicyclic) bond motifs is 1. The third kappa shape index (κ3) is 2.77. The van der Waals surface area contributed by atoms with Crippen molar-refractivity contribution in [2.75, 3.05) is 0 Å². The van der Waals surface area contributed by atoms with E-state index in [4.69, 9.17) is 14.1 Å². The number of hydrogen-bond acceptors (Lipinski definition) is 3. The first-order chi connectivity index (χ1) is 8.74. The standard InChI is InChI=1S/C15H23NO2Si/c1-15(2,3)19(4,5)18-14-8-6-7-13-12(14)9-11(10-16)17-13/h9,14H,6-8H2,1-5H3. The van der Waals surface area contributed by atoms with E-state index in [-0.39, 0.29) is 11.1 Å². The van der Waals surface area contributed by atoms with Gasteiger partial charge in [-0.15, -0.1) is 0 Å². The molecule has 0 spiro atoms. The summed E-state index contributed by atoms with van der Waals surface area (Å²) in [7, 11) is -1.79. The van der Waals surface area contributed by atoms with Gasteiger partial charge < -0.3 is 8.84 Å². The Morgan fingerprint density at radius 3 is 2.68 bits per heavy atom. The number of nitrogens with zero attached hydrogens (tertiary/aromatic N) is 1. The lowest BCUT2D eigenvalue weighted by Gasteiger charge is -2.40. The van der Waals surface area contributed by atoms with Crippen LogP contribution >= 0.6 is 0 Å². The predicted octanol–water partition coefficient (Wildman–Crippen LogP) is 4.55. The summed E-state index contributed by atoms with van der Waals surface area (Å²) in [5.74, 6) is 1.36. The van der Waals surface area contributed by atoms with Gasteiger partial charge in [0.25, 0.3) is 0 Å². The minimum atomic E-state index is -1.79. The van der Waals surface area contributed by atoms with Crippen LogP contribution in [0.5, 0.6) is 0 Å². The quantitative estimate of drug-likeness (QED) is 0.745. The van der Waals surface area contributed by atoms with Gasteiger partial charge in [0.1, 0.15) is 11.8 Å². The monoisotopic (exact) mass is 277 g/mol. The van der Waals surface area contributed by atoms with Crippen molar-refractivity contribution in [1.82, 2.24) is 0 Å². The fraction of sp³-hybridized carbons (Fsp3) is 0.667. The van der Waals surface area contributed by atoms with Gasteiger partial charge in [0.2, 0.25) is 5.76 Å². The van der Waals surface area contributed by atoms with E-state index in [1.54, 1.807) is 0 Å². The van der Waals surface area contributed by atoms with Crippen LogP contribution in [0.3, 0.4) is 0 Å². The Morgan fingerprint density at radius 1 is 1.42 bits per heavy atom. The molecule has 4 heteroatoms. The maximum Gasteiger partial charge on any atom is 0.204 e. The molecule has 1 unspecified atom stereocenters. The van der Waals surface area contributed by atoms with Crippen LogP contribution < -0.4 is 0 Å². The van der Waals surface area contributed by atoms with Gasteiger partial charge in [-0.25, -0.2) is 0 Å². The van der Waals surface area contributed by atoms with Gasteiger partial charge in [0.15, 0.2) is 8.32 Å². The Bertz CT molecular complexity index is 505. The molecule has 104 valence electrons. The summed E-state index contributed by atoms with van der Waals surface area (Å²) in [5.41, 5.74) is 1.10. The Hall–Kier alpha value is -1.05. The van der Waals surface area contributed by atoms with Crippen molar-refractivity contribution in [3.8, 4) is 6.07 Å². The topological polar surface area (TPSA) is 46.2 Å². The zero-order chi connectivity index (χ0) is 14.3. The zero-order valence-corrected chi connectivity index (χ0v) is 13.5. The number of hydrogen-bond donors (Lipinski definition) is 0. The molecule has 1 heterocycles. The Kier molecular flexibility index (Phi) is 3.63. The van der Waals surface area contributed by atoms with E-state index in [0.717, 1.165) is 30.6 Å². The molecule has 0 bridgehead atoms. The fourth-order valence-corrected chi connectivity index (χ4v) is 3.53. The molecule has 0 aromatic carbocycles. The second-order valence-corrected chi connectivity index (χ2v) is 11.6. The first kappa shape index (κ1) is 14.4. The molecule has 0 fully saturated rings. The van der Waals surface area contributed by atoms with Gasteiger partial charge in [-0.2, -0.15) is 5.26 Å². The molecule has 0 radical (unpaired) electrons. The maximum absolute atomic E-state index is 8.96. The lowest BCUT2D eigenvalue weighted by Crippen LogP contribution is -2.42. The first-order valence-electron chi connectivity index (χ1n) is 6.95. The lowest BCUT2D eigenvalue weighted by atomic mass is 9.96. The molecule has 1 aromatic rings. The Balaban J connectivity index is 2.25. The minimum Gasteiger partial charge on any atom is -0.450 e. The Labute approximate surface area is 116 Å². The van der Waals surface area contributed by atoms with Crippen molar-refractivity contribution in [1.29, 1.82) is 5.26 Å². The van der Waals surface area contributed by atoms with Crippen LogP contribution in [0.2, 0.25) is 18.1 Å². The second kappa shape index (κ2) is 4.81. The average molecular weight is 277 g/mol. The normalized spacial score (nSPS) is 19.9. The van der Waals surface area contributed by atoms with Gasteiger partial charge in [-0.05, 0) is 31.0 Å². The lowest BCUT2D eigenvalue weighted by molar-refractivity contribution is 0.159. The van der Waals surface area contributed by atoms with Gasteiger partial charge in [0, 0.05) is 18.1 Å². The SMILES string of the molecule is CC(C)(C)[Si](C)(C)OC1CCCc2oc(C#N)cc21. The van der Waals surface area contributed by atoms with E-state index in [0.29, 0.717) is 5.76 Å². The molecule has 0 aliphatic heterocycles. The molecule has 0 N–H and O–H groups in total. The van der Waals surface area contributed by atoms with Crippen molar-refractivity contribution in [3.63, 3.8) is 0 Å². The van der Waals surface area contributed by atoms with E-state index < -0.39 is 8.32 Å². The van der Waals surface area contributed by atoms with Crippen molar-refractivity contribution >= 4 is 8.32 Å². The van der Waals surface area contributed by atoms with Gasteiger partial charge >= 0.3 is 0 Å². The molecule has 19 heavy (non-hydrogen) atoms. The van der Waals surface area contributed by atoms with Crippen molar-refractivity contribution < 1.29 is 8.84 Å². The summed E-state index contributed by atoms with van der Waals surface area (Å²) in [5, 5.41) is 9.16. The van der Waals surface area contributed by atoms with E-state index in [1.165, 1.54) is 0 Å². The molecule has 3 nitrogen and oxygen atoms in total. The third-order valence-corrected chi connectivity index (χ3v) is 8.90. The third-order valence-electron chi connectivity index (χ3n) is 4.41. The maximum atomic E-state index is 8.96. The highest BCUT2D eigenvalue weighted by Crippen LogP contribution is 2.43. The fourth-order valence-electron chi connectivity index (χ4n) is 2.22. The summed E-state index contributed by atoms with van der Waals surface area (Å²) in [4.78, 5) is 0. The summed E-state index contributed by atoms with van der Waals surface area (Å²) in [6.45, 7) is 11.3. The van der Waals surface area contributed by atoms with E-state index >= 15 is 0 Å². The predicted molar refractivity (Wildman–Crippen MR) is 77.4 cm³/mol. The number of aryl methyl sites for hydroxylation is 1. The second-order valence-electron chi connectivity index (χ2n) is 6.86. The molecule has 0 amide bonds. The van der Waals surface area contributed by atoms with E-state index in [9.17, 15) is 0 Å². The van der Waals surface area contributed by atoms with Gasteiger partial charge in [-0.3, -0.25) is 0 Å². The van der Waals surface area contributed by atoms with Crippen LogP contribution in [0.1, 0.15) is 56.8 Å². The molecule has 2 rings (SSSR count).